The number of aryl methyl sites for hydroxylation is 1. The second kappa shape index (κ2) is 4.74. The minimum atomic E-state index is -0.153. The molecule has 1 atom stereocenters. The van der Waals surface area contributed by atoms with Gasteiger partial charge in [-0.1, -0.05) is 23.8 Å². The fraction of sp³-hybridized carbons (Fsp3) is 0.333. The molecule has 0 N–H and O–H groups in total. The normalized spacial score (nSPS) is 25.1. The lowest BCUT2D eigenvalue weighted by atomic mass is 10.0. The summed E-state index contributed by atoms with van der Waals surface area (Å²) in [6.07, 6.45) is 5.73. The number of allylic oxidation sites excluding steroid dienone is 3. The van der Waals surface area contributed by atoms with Crippen molar-refractivity contribution in [3.63, 3.8) is 0 Å². The number of nitrogens with zero attached hydrogens (tertiary/aromatic N) is 1. The summed E-state index contributed by atoms with van der Waals surface area (Å²) in [5.41, 5.74) is 3.57. The van der Waals surface area contributed by atoms with Crippen LogP contribution in [0.5, 0.6) is 0 Å². The van der Waals surface area contributed by atoms with Crippen LogP contribution in [0.2, 0.25) is 0 Å². The first-order valence-corrected chi connectivity index (χ1v) is 5.94. The smallest absolute Gasteiger partial charge is 0.119 e. The molecule has 2 heteroatoms. The monoisotopic (exact) mass is 231 g/mol. The van der Waals surface area contributed by atoms with Gasteiger partial charge in [0.1, 0.15) is 5.83 Å². The van der Waals surface area contributed by atoms with Crippen molar-refractivity contribution in [3.8, 4) is 0 Å². The van der Waals surface area contributed by atoms with Gasteiger partial charge in [-0.05, 0) is 44.1 Å². The van der Waals surface area contributed by atoms with Crippen LogP contribution in [0.25, 0.3) is 0 Å². The van der Waals surface area contributed by atoms with E-state index in [4.69, 9.17) is 0 Å². The van der Waals surface area contributed by atoms with Crippen molar-refractivity contribution in [3.05, 3.63) is 53.4 Å². The number of halogens is 1. The average molecular weight is 231 g/mol. The first kappa shape index (κ1) is 11.9. The second-order valence-corrected chi connectivity index (χ2v) is 4.64. The molecule has 2 rings (SSSR count). The van der Waals surface area contributed by atoms with Crippen molar-refractivity contribution >= 4 is 5.69 Å². The van der Waals surface area contributed by atoms with Gasteiger partial charge in [0.15, 0.2) is 0 Å². The number of hydrogen-bond acceptors (Lipinski definition) is 1. The number of anilines is 1. The minimum absolute atomic E-state index is 0.153. The Hall–Kier alpha value is -1.57. The predicted molar refractivity (Wildman–Crippen MR) is 71.1 cm³/mol. The summed E-state index contributed by atoms with van der Waals surface area (Å²) < 4.78 is 13.5. The van der Waals surface area contributed by atoms with Gasteiger partial charge >= 0.3 is 0 Å². The molecule has 0 radical (unpaired) electrons. The van der Waals surface area contributed by atoms with Crippen LogP contribution in [0.1, 0.15) is 18.1 Å². The molecule has 0 aromatic heterocycles. The van der Waals surface area contributed by atoms with Gasteiger partial charge < -0.3 is 4.90 Å². The topological polar surface area (TPSA) is 3.24 Å². The average Bonchev–Trinajstić information content (AvgIpc) is 2.36. The third-order valence-electron chi connectivity index (χ3n) is 3.28. The van der Waals surface area contributed by atoms with Crippen molar-refractivity contribution < 1.29 is 4.39 Å². The zero-order valence-electron chi connectivity index (χ0n) is 10.6. The number of rotatable bonds is 0. The van der Waals surface area contributed by atoms with Crippen LogP contribution < -0.4 is 4.90 Å². The third kappa shape index (κ3) is 2.57. The second-order valence-electron chi connectivity index (χ2n) is 4.64. The van der Waals surface area contributed by atoms with Crippen molar-refractivity contribution in [1.82, 2.24) is 0 Å². The van der Waals surface area contributed by atoms with Crippen molar-refractivity contribution in [2.75, 3.05) is 11.9 Å². The standard InChI is InChI=1S/C15H18FN/c1-11-4-9-15-13(10-11)6-8-14(16)7-5-12(2)17(15)3/h4-5,7-10,12H,6H2,1-3H3/b7-5-,14-8+. The molecule has 1 aliphatic rings. The van der Waals surface area contributed by atoms with E-state index in [0.717, 1.165) is 0 Å². The maximum Gasteiger partial charge on any atom is 0.119 e. The zero-order valence-corrected chi connectivity index (χ0v) is 10.6. The molecule has 1 heterocycles. The van der Waals surface area contributed by atoms with Gasteiger partial charge in [-0.15, -0.1) is 0 Å². The number of hydrogen-bond donors (Lipinski definition) is 0. The molecular weight excluding hydrogens is 213 g/mol. The van der Waals surface area contributed by atoms with E-state index in [2.05, 4.69) is 36.9 Å². The molecule has 0 spiro atoms. The highest BCUT2D eigenvalue weighted by molar-refractivity contribution is 5.57. The highest BCUT2D eigenvalue weighted by Gasteiger charge is 2.12. The first-order chi connectivity index (χ1) is 8.08. The molecule has 0 bridgehead atoms. The van der Waals surface area contributed by atoms with Crippen LogP contribution in [0, 0.1) is 6.92 Å². The summed E-state index contributed by atoms with van der Waals surface area (Å²) >= 11 is 0. The molecule has 1 unspecified atom stereocenters. The van der Waals surface area contributed by atoms with E-state index in [9.17, 15) is 4.39 Å². The van der Waals surface area contributed by atoms with E-state index in [1.807, 2.05) is 13.1 Å². The fourth-order valence-corrected chi connectivity index (χ4v) is 2.08. The van der Waals surface area contributed by atoms with Crippen molar-refractivity contribution in [1.29, 1.82) is 0 Å². The molecule has 0 amide bonds. The Kier molecular flexibility index (Phi) is 3.32. The predicted octanol–water partition coefficient (Wildman–Crippen LogP) is 3.79. The Morgan fingerprint density at radius 3 is 2.88 bits per heavy atom. The summed E-state index contributed by atoms with van der Waals surface area (Å²) in [4.78, 5) is 2.18. The van der Waals surface area contributed by atoms with E-state index < -0.39 is 0 Å². The van der Waals surface area contributed by atoms with E-state index in [-0.39, 0.29) is 11.9 Å². The maximum atomic E-state index is 13.5. The van der Waals surface area contributed by atoms with Crippen LogP contribution in [0.3, 0.4) is 0 Å². The van der Waals surface area contributed by atoms with Crippen LogP contribution >= 0.6 is 0 Å². The molecular formula is C15H18FN. The summed E-state index contributed by atoms with van der Waals surface area (Å²) in [7, 11) is 2.05. The zero-order chi connectivity index (χ0) is 12.4. The number of fused-ring (bicyclic) bond motifs is 1. The molecule has 1 aliphatic heterocycles. The first-order valence-electron chi connectivity index (χ1n) is 5.94. The lowest BCUT2D eigenvalue weighted by molar-refractivity contribution is 0.660. The molecule has 0 saturated carbocycles. The fourth-order valence-electron chi connectivity index (χ4n) is 2.08. The Labute approximate surface area is 102 Å². The Balaban J connectivity index is 2.50. The molecule has 0 aliphatic carbocycles. The van der Waals surface area contributed by atoms with Crippen LogP contribution in [0.15, 0.2) is 42.3 Å². The molecule has 0 fully saturated rings. The van der Waals surface area contributed by atoms with Gasteiger partial charge in [0.05, 0.1) is 0 Å². The van der Waals surface area contributed by atoms with Gasteiger partial charge in [0, 0.05) is 18.8 Å². The number of benzene rings is 1. The van der Waals surface area contributed by atoms with Crippen LogP contribution in [-0.4, -0.2) is 13.1 Å². The van der Waals surface area contributed by atoms with Gasteiger partial charge in [-0.2, -0.15) is 0 Å². The van der Waals surface area contributed by atoms with E-state index in [0.29, 0.717) is 6.42 Å². The highest BCUT2D eigenvalue weighted by atomic mass is 19.1. The Morgan fingerprint density at radius 1 is 1.35 bits per heavy atom. The lowest BCUT2D eigenvalue weighted by Crippen LogP contribution is -2.27. The lowest BCUT2D eigenvalue weighted by Gasteiger charge is -2.26. The summed E-state index contributed by atoms with van der Waals surface area (Å²) in [6, 6.07) is 6.54. The van der Waals surface area contributed by atoms with Gasteiger partial charge in [-0.25, -0.2) is 4.39 Å². The molecule has 1 nitrogen and oxygen atoms in total. The Bertz CT molecular complexity index is 474. The van der Waals surface area contributed by atoms with Gasteiger partial charge in [0.25, 0.3) is 0 Å². The molecule has 1 aromatic carbocycles. The summed E-state index contributed by atoms with van der Waals surface area (Å²) in [5, 5.41) is 0. The summed E-state index contributed by atoms with van der Waals surface area (Å²) in [6.45, 7) is 4.13. The Morgan fingerprint density at radius 2 is 2.12 bits per heavy atom. The molecule has 17 heavy (non-hydrogen) atoms. The van der Waals surface area contributed by atoms with Gasteiger partial charge in [0.2, 0.25) is 0 Å². The van der Waals surface area contributed by atoms with E-state index in [1.165, 1.54) is 16.8 Å². The van der Waals surface area contributed by atoms with Crippen LogP contribution in [0.4, 0.5) is 10.1 Å². The highest BCUT2D eigenvalue weighted by Crippen LogP contribution is 2.25. The minimum Gasteiger partial charge on any atom is -0.368 e. The van der Waals surface area contributed by atoms with Crippen molar-refractivity contribution in [2.24, 2.45) is 0 Å². The maximum absolute atomic E-state index is 13.5. The number of likely N-dealkylation sites (N-methyl/N-ethyl adjacent to an activating group) is 1. The van der Waals surface area contributed by atoms with E-state index >= 15 is 0 Å². The van der Waals surface area contributed by atoms with E-state index in [1.54, 1.807) is 12.2 Å². The quantitative estimate of drug-likeness (QED) is 0.656. The largest absolute Gasteiger partial charge is 0.368 e. The van der Waals surface area contributed by atoms with Crippen molar-refractivity contribution in [2.45, 2.75) is 26.3 Å². The summed E-state index contributed by atoms with van der Waals surface area (Å²) in [5.74, 6) is -0.153. The SMILES string of the molecule is Cc1ccc2c(c1)C/C=C(F)\C=C/C(C)N2C. The molecule has 0 saturated heterocycles. The molecule has 1 aromatic rings. The third-order valence-corrected chi connectivity index (χ3v) is 3.28. The van der Waals surface area contributed by atoms with Gasteiger partial charge in [-0.3, -0.25) is 0 Å². The van der Waals surface area contributed by atoms with Crippen LogP contribution in [-0.2, 0) is 6.42 Å². The molecule has 90 valence electrons.